The van der Waals surface area contributed by atoms with Crippen molar-refractivity contribution in [3.05, 3.63) is 59.9 Å². The minimum absolute atomic E-state index is 0.0674. The molecule has 9 nitrogen and oxygen atoms in total. The number of ether oxygens (including phenoxy) is 1. The van der Waals surface area contributed by atoms with Gasteiger partial charge in [0.25, 0.3) is 5.91 Å². The first kappa shape index (κ1) is 22.4. The Bertz CT molecular complexity index is 1160. The van der Waals surface area contributed by atoms with Gasteiger partial charge in [0.05, 0.1) is 18.6 Å². The summed E-state index contributed by atoms with van der Waals surface area (Å²) in [6.07, 6.45) is 0. The number of aromatic nitrogens is 3. The molecule has 1 heterocycles. The third-order valence-electron chi connectivity index (χ3n) is 4.80. The van der Waals surface area contributed by atoms with E-state index in [-0.39, 0.29) is 23.0 Å². The van der Waals surface area contributed by atoms with Crippen molar-refractivity contribution in [2.45, 2.75) is 31.3 Å². The number of sulfonamides is 1. The van der Waals surface area contributed by atoms with Crippen LogP contribution in [0.3, 0.4) is 0 Å². The van der Waals surface area contributed by atoms with Crippen molar-refractivity contribution in [2.24, 2.45) is 0 Å². The van der Waals surface area contributed by atoms with Gasteiger partial charge < -0.3 is 10.1 Å². The maximum Gasteiger partial charge on any atom is 0.251 e. The molecule has 31 heavy (non-hydrogen) atoms. The van der Waals surface area contributed by atoms with E-state index in [1.807, 2.05) is 24.3 Å². The third kappa shape index (κ3) is 5.09. The van der Waals surface area contributed by atoms with E-state index in [0.29, 0.717) is 11.6 Å². The number of carbonyl (C=O) groups is 1. The summed E-state index contributed by atoms with van der Waals surface area (Å²) in [5, 5.41) is 9.68. The van der Waals surface area contributed by atoms with Gasteiger partial charge in [-0.1, -0.05) is 6.07 Å². The van der Waals surface area contributed by atoms with Crippen molar-refractivity contribution in [3.8, 4) is 17.1 Å². The van der Waals surface area contributed by atoms with Crippen LogP contribution in [0.25, 0.3) is 11.4 Å². The lowest BCUT2D eigenvalue weighted by atomic mass is 10.2. The summed E-state index contributed by atoms with van der Waals surface area (Å²) >= 11 is 0. The monoisotopic (exact) mass is 443 g/mol. The molecule has 0 atom stereocenters. The van der Waals surface area contributed by atoms with E-state index in [1.54, 1.807) is 33.1 Å². The molecule has 0 bridgehead atoms. The summed E-state index contributed by atoms with van der Waals surface area (Å²) in [4.78, 5) is 17.0. The number of benzene rings is 2. The van der Waals surface area contributed by atoms with Crippen molar-refractivity contribution >= 4 is 15.9 Å². The minimum atomic E-state index is -3.68. The first-order valence-electron chi connectivity index (χ1n) is 9.64. The molecule has 0 spiro atoms. The van der Waals surface area contributed by atoms with Gasteiger partial charge in [-0.15, -0.1) is 0 Å². The molecule has 3 rings (SSSR count). The lowest BCUT2D eigenvalue weighted by molar-refractivity contribution is 0.0949. The smallest absolute Gasteiger partial charge is 0.251 e. The van der Waals surface area contributed by atoms with E-state index in [0.717, 1.165) is 11.3 Å². The molecular formula is C21H25N5O4S. The molecule has 164 valence electrons. The normalized spacial score (nSPS) is 11.7. The summed E-state index contributed by atoms with van der Waals surface area (Å²) in [6, 6.07) is 13.0. The maximum absolute atomic E-state index is 12.7. The van der Waals surface area contributed by atoms with Gasteiger partial charge in [0, 0.05) is 24.2 Å². The highest BCUT2D eigenvalue weighted by Gasteiger charge is 2.24. The molecular weight excluding hydrogens is 418 g/mol. The Morgan fingerprint density at radius 2 is 1.90 bits per heavy atom. The van der Waals surface area contributed by atoms with Gasteiger partial charge in [0.1, 0.15) is 11.6 Å². The van der Waals surface area contributed by atoms with E-state index < -0.39 is 15.9 Å². The fourth-order valence-electron chi connectivity index (χ4n) is 2.75. The van der Waals surface area contributed by atoms with Crippen LogP contribution in [0.5, 0.6) is 5.75 Å². The molecule has 0 aliphatic carbocycles. The van der Waals surface area contributed by atoms with Gasteiger partial charge in [-0.3, -0.25) is 9.89 Å². The maximum atomic E-state index is 12.7. The number of nitrogens with one attached hydrogen (secondary N) is 2. The Hall–Kier alpha value is -3.24. The molecule has 1 amide bonds. The van der Waals surface area contributed by atoms with Crippen molar-refractivity contribution in [2.75, 3.05) is 14.2 Å². The fourth-order valence-corrected chi connectivity index (χ4v) is 4.17. The quantitative estimate of drug-likeness (QED) is 0.552. The molecule has 0 radical (unpaired) electrons. The van der Waals surface area contributed by atoms with Crippen LogP contribution in [0.4, 0.5) is 0 Å². The molecule has 0 aliphatic heterocycles. The molecule has 1 aromatic heterocycles. The third-order valence-corrected chi connectivity index (χ3v) is 6.83. The van der Waals surface area contributed by atoms with Gasteiger partial charge in [-0.2, -0.15) is 9.40 Å². The highest BCUT2D eigenvalue weighted by atomic mass is 32.2. The van der Waals surface area contributed by atoms with E-state index in [2.05, 4.69) is 20.5 Å². The van der Waals surface area contributed by atoms with Crippen LogP contribution < -0.4 is 10.1 Å². The minimum Gasteiger partial charge on any atom is -0.497 e. The number of hydrogen-bond acceptors (Lipinski definition) is 6. The first-order chi connectivity index (χ1) is 14.7. The number of H-pyrrole nitrogens is 1. The standard InChI is InChI=1S/C21H25N5O4S/c1-14(2)26(3)31(28,29)18-7-5-6-16(12-18)21(27)22-13-19-23-20(25-24-19)15-8-10-17(30-4)11-9-15/h5-12,14H,13H2,1-4H3,(H,22,27)(H,23,24,25). The van der Waals surface area contributed by atoms with E-state index in [1.165, 1.54) is 23.5 Å². The second-order valence-corrected chi connectivity index (χ2v) is 9.16. The zero-order chi connectivity index (χ0) is 22.6. The fraction of sp³-hybridized carbons (Fsp3) is 0.286. The van der Waals surface area contributed by atoms with Gasteiger partial charge in [0.2, 0.25) is 10.0 Å². The highest BCUT2D eigenvalue weighted by molar-refractivity contribution is 7.89. The first-order valence-corrected chi connectivity index (χ1v) is 11.1. The molecule has 0 saturated heterocycles. The summed E-state index contributed by atoms with van der Waals surface area (Å²) in [5.74, 6) is 1.29. The number of amides is 1. The van der Waals surface area contributed by atoms with Gasteiger partial charge in [-0.25, -0.2) is 13.4 Å². The van der Waals surface area contributed by atoms with Crippen LogP contribution in [0.1, 0.15) is 30.0 Å². The zero-order valence-electron chi connectivity index (χ0n) is 17.8. The lowest BCUT2D eigenvalue weighted by Crippen LogP contribution is -2.33. The Morgan fingerprint density at radius 3 is 2.55 bits per heavy atom. The van der Waals surface area contributed by atoms with Crippen LogP contribution in [0, 0.1) is 0 Å². The van der Waals surface area contributed by atoms with Crippen molar-refractivity contribution in [1.29, 1.82) is 0 Å². The van der Waals surface area contributed by atoms with Crippen molar-refractivity contribution < 1.29 is 17.9 Å². The number of carbonyl (C=O) groups excluding carboxylic acids is 1. The Labute approximate surface area is 181 Å². The van der Waals surface area contributed by atoms with Crippen LogP contribution in [0.2, 0.25) is 0 Å². The van der Waals surface area contributed by atoms with Crippen LogP contribution >= 0.6 is 0 Å². The second-order valence-electron chi connectivity index (χ2n) is 7.16. The van der Waals surface area contributed by atoms with E-state index in [9.17, 15) is 13.2 Å². The number of methoxy groups -OCH3 is 1. The summed E-state index contributed by atoms with van der Waals surface area (Å²) in [5.41, 5.74) is 1.05. The SMILES string of the molecule is COc1ccc(-c2n[nH]c(CNC(=O)c3cccc(S(=O)(=O)N(C)C(C)C)c3)n2)cc1. The molecule has 2 aromatic carbocycles. The zero-order valence-corrected chi connectivity index (χ0v) is 18.6. The van der Waals surface area contributed by atoms with Gasteiger partial charge in [0.15, 0.2) is 5.82 Å². The van der Waals surface area contributed by atoms with Gasteiger partial charge in [-0.05, 0) is 56.3 Å². The average Bonchev–Trinajstić information content (AvgIpc) is 3.26. The highest BCUT2D eigenvalue weighted by Crippen LogP contribution is 2.20. The molecule has 0 saturated carbocycles. The largest absolute Gasteiger partial charge is 0.497 e. The predicted molar refractivity (Wildman–Crippen MR) is 116 cm³/mol. The van der Waals surface area contributed by atoms with Crippen LogP contribution in [-0.4, -0.2) is 54.0 Å². The molecule has 10 heteroatoms. The van der Waals surface area contributed by atoms with E-state index in [4.69, 9.17) is 4.74 Å². The van der Waals surface area contributed by atoms with Crippen molar-refractivity contribution in [1.82, 2.24) is 24.8 Å². The number of aromatic amines is 1. The molecule has 0 unspecified atom stereocenters. The molecule has 2 N–H and O–H groups in total. The summed E-state index contributed by atoms with van der Waals surface area (Å²) < 4.78 is 31.7. The molecule has 0 fully saturated rings. The second kappa shape index (κ2) is 9.27. The predicted octanol–water partition coefficient (Wildman–Crippen LogP) is 2.44. The number of nitrogens with zero attached hydrogens (tertiary/aromatic N) is 3. The number of hydrogen-bond donors (Lipinski definition) is 2. The average molecular weight is 444 g/mol. The van der Waals surface area contributed by atoms with Crippen molar-refractivity contribution in [3.63, 3.8) is 0 Å². The van der Waals surface area contributed by atoms with Crippen LogP contribution in [-0.2, 0) is 16.6 Å². The number of rotatable bonds is 8. The summed E-state index contributed by atoms with van der Waals surface area (Å²) in [6.45, 7) is 3.68. The summed E-state index contributed by atoms with van der Waals surface area (Å²) in [7, 11) is -0.573. The Balaban J connectivity index is 1.68. The van der Waals surface area contributed by atoms with E-state index >= 15 is 0 Å². The molecule has 3 aromatic rings. The molecule has 0 aliphatic rings. The van der Waals surface area contributed by atoms with Crippen LogP contribution in [0.15, 0.2) is 53.4 Å². The lowest BCUT2D eigenvalue weighted by Gasteiger charge is -2.21. The Kier molecular flexibility index (Phi) is 6.71. The topological polar surface area (TPSA) is 117 Å². The van der Waals surface area contributed by atoms with Gasteiger partial charge >= 0.3 is 0 Å². The Morgan fingerprint density at radius 1 is 1.19 bits per heavy atom.